The number of amides is 1. The first-order valence-corrected chi connectivity index (χ1v) is 7.12. The van der Waals surface area contributed by atoms with Crippen molar-refractivity contribution in [3.05, 3.63) is 70.9 Å². The highest BCUT2D eigenvalue weighted by Crippen LogP contribution is 2.19. The molecule has 0 saturated heterocycles. The summed E-state index contributed by atoms with van der Waals surface area (Å²) in [7, 11) is 0. The van der Waals surface area contributed by atoms with E-state index in [0.29, 0.717) is 22.5 Å². The normalized spacial score (nSPS) is 10.5. The number of nitrogens with zero attached hydrogens (tertiary/aromatic N) is 2. The summed E-state index contributed by atoms with van der Waals surface area (Å²) in [5.74, 6) is -0.241. The molecule has 0 aliphatic rings. The van der Waals surface area contributed by atoms with Gasteiger partial charge in [-0.3, -0.25) is 9.48 Å². The molecule has 0 radical (unpaired) electrons. The molecule has 3 aromatic rings. The van der Waals surface area contributed by atoms with Gasteiger partial charge in [0.2, 0.25) is 0 Å². The number of nitrogens with one attached hydrogen (secondary N) is 1. The third-order valence-corrected chi connectivity index (χ3v) is 3.56. The van der Waals surface area contributed by atoms with Crippen molar-refractivity contribution in [2.45, 2.75) is 6.54 Å². The average molecular weight is 346 g/mol. The molecule has 2 aromatic heterocycles. The molecule has 0 saturated carbocycles. The molecule has 2 heterocycles. The van der Waals surface area contributed by atoms with E-state index in [4.69, 9.17) is 4.42 Å². The zero-order valence-corrected chi connectivity index (χ0v) is 12.6. The van der Waals surface area contributed by atoms with Crippen LogP contribution >= 0.6 is 15.9 Å². The van der Waals surface area contributed by atoms with E-state index < -0.39 is 0 Å². The zero-order chi connectivity index (χ0) is 14.7. The van der Waals surface area contributed by atoms with Gasteiger partial charge in [0.15, 0.2) is 4.67 Å². The van der Waals surface area contributed by atoms with Crippen LogP contribution in [0.2, 0.25) is 0 Å². The highest BCUT2D eigenvalue weighted by molar-refractivity contribution is 9.10. The lowest BCUT2D eigenvalue weighted by Gasteiger charge is -2.01. The van der Waals surface area contributed by atoms with Crippen molar-refractivity contribution in [2.75, 3.05) is 5.32 Å². The Balaban J connectivity index is 1.68. The number of hydrogen-bond donors (Lipinski definition) is 1. The Kier molecular flexibility index (Phi) is 3.87. The van der Waals surface area contributed by atoms with Gasteiger partial charge in [0.25, 0.3) is 5.91 Å². The maximum absolute atomic E-state index is 12.0. The Bertz CT molecular complexity index is 749. The maximum atomic E-state index is 12.0. The Labute approximate surface area is 129 Å². The molecule has 0 atom stereocenters. The van der Waals surface area contributed by atoms with E-state index in [1.807, 2.05) is 30.3 Å². The SMILES string of the molecule is O=C(Nc1cnn(Cc2ccccc2)c1)c1ccoc1Br. The van der Waals surface area contributed by atoms with Crippen LogP contribution < -0.4 is 5.32 Å². The van der Waals surface area contributed by atoms with Gasteiger partial charge in [-0.05, 0) is 27.6 Å². The third-order valence-electron chi connectivity index (χ3n) is 2.94. The summed E-state index contributed by atoms with van der Waals surface area (Å²) in [4.78, 5) is 12.0. The summed E-state index contributed by atoms with van der Waals surface area (Å²) in [5, 5.41) is 7.01. The Morgan fingerprint density at radius 2 is 2.10 bits per heavy atom. The zero-order valence-electron chi connectivity index (χ0n) is 11.0. The van der Waals surface area contributed by atoms with Crippen molar-refractivity contribution in [1.29, 1.82) is 0 Å². The minimum Gasteiger partial charge on any atom is -0.457 e. The molecule has 0 bridgehead atoms. The molecule has 1 N–H and O–H groups in total. The fourth-order valence-corrected chi connectivity index (χ4v) is 2.36. The summed E-state index contributed by atoms with van der Waals surface area (Å²) >= 11 is 3.18. The topological polar surface area (TPSA) is 60.1 Å². The highest BCUT2D eigenvalue weighted by Gasteiger charge is 2.13. The summed E-state index contributed by atoms with van der Waals surface area (Å²) in [6, 6.07) is 11.6. The van der Waals surface area contributed by atoms with Gasteiger partial charge in [-0.25, -0.2) is 0 Å². The lowest BCUT2D eigenvalue weighted by molar-refractivity contribution is 0.102. The van der Waals surface area contributed by atoms with Crippen LogP contribution in [0.3, 0.4) is 0 Å². The monoisotopic (exact) mass is 345 g/mol. The first kappa shape index (κ1) is 13.6. The van der Waals surface area contributed by atoms with Crippen LogP contribution in [0.25, 0.3) is 0 Å². The van der Waals surface area contributed by atoms with Crippen LogP contribution in [0, 0.1) is 0 Å². The van der Waals surface area contributed by atoms with E-state index in [2.05, 4.69) is 26.3 Å². The molecule has 1 aromatic carbocycles. The molecular weight excluding hydrogens is 334 g/mol. The van der Waals surface area contributed by atoms with Gasteiger partial charge >= 0.3 is 0 Å². The van der Waals surface area contributed by atoms with Crippen LogP contribution in [-0.4, -0.2) is 15.7 Å². The van der Waals surface area contributed by atoms with Crippen LogP contribution in [-0.2, 0) is 6.54 Å². The quantitative estimate of drug-likeness (QED) is 0.786. The van der Waals surface area contributed by atoms with Gasteiger partial charge < -0.3 is 9.73 Å². The second-order valence-corrected chi connectivity index (χ2v) is 5.19. The van der Waals surface area contributed by atoms with Crippen LogP contribution in [0.5, 0.6) is 0 Å². The Hall–Kier alpha value is -2.34. The number of benzene rings is 1. The second-order valence-electron chi connectivity index (χ2n) is 4.47. The molecule has 106 valence electrons. The van der Waals surface area contributed by atoms with Crippen molar-refractivity contribution in [3.63, 3.8) is 0 Å². The maximum Gasteiger partial charge on any atom is 0.260 e. The van der Waals surface area contributed by atoms with Crippen molar-refractivity contribution in [2.24, 2.45) is 0 Å². The van der Waals surface area contributed by atoms with E-state index in [1.165, 1.54) is 6.26 Å². The first-order valence-electron chi connectivity index (χ1n) is 6.33. The Morgan fingerprint density at radius 1 is 1.29 bits per heavy atom. The third kappa shape index (κ3) is 3.22. The molecule has 3 rings (SSSR count). The van der Waals surface area contributed by atoms with E-state index in [9.17, 15) is 4.79 Å². The van der Waals surface area contributed by atoms with Crippen LogP contribution in [0.4, 0.5) is 5.69 Å². The number of aromatic nitrogens is 2. The average Bonchev–Trinajstić information content (AvgIpc) is 3.09. The van der Waals surface area contributed by atoms with Gasteiger partial charge in [-0.15, -0.1) is 0 Å². The molecule has 5 nitrogen and oxygen atoms in total. The molecule has 0 aliphatic heterocycles. The predicted molar refractivity (Wildman–Crippen MR) is 82.1 cm³/mol. The van der Waals surface area contributed by atoms with Crippen LogP contribution in [0.15, 0.2) is 64.1 Å². The second kappa shape index (κ2) is 5.97. The molecule has 0 spiro atoms. The lowest BCUT2D eigenvalue weighted by Crippen LogP contribution is -2.10. The minimum atomic E-state index is -0.241. The number of anilines is 1. The van der Waals surface area contributed by atoms with E-state index >= 15 is 0 Å². The number of carbonyl (C=O) groups is 1. The largest absolute Gasteiger partial charge is 0.457 e. The summed E-state index contributed by atoms with van der Waals surface area (Å²) in [6.45, 7) is 0.659. The minimum absolute atomic E-state index is 0.241. The summed E-state index contributed by atoms with van der Waals surface area (Å²) < 4.78 is 7.23. The molecule has 0 fully saturated rings. The summed E-state index contributed by atoms with van der Waals surface area (Å²) in [5.41, 5.74) is 2.24. The highest BCUT2D eigenvalue weighted by atomic mass is 79.9. The number of rotatable bonds is 4. The molecule has 6 heteroatoms. The van der Waals surface area contributed by atoms with Crippen molar-refractivity contribution < 1.29 is 9.21 Å². The first-order chi connectivity index (χ1) is 10.2. The van der Waals surface area contributed by atoms with Gasteiger partial charge in [0, 0.05) is 6.20 Å². The number of carbonyl (C=O) groups excluding carboxylic acids is 1. The molecule has 0 aliphatic carbocycles. The van der Waals surface area contributed by atoms with Gasteiger partial charge in [-0.2, -0.15) is 5.10 Å². The van der Waals surface area contributed by atoms with Crippen LogP contribution in [0.1, 0.15) is 15.9 Å². The van der Waals surface area contributed by atoms with E-state index in [1.54, 1.807) is 23.1 Å². The number of halogens is 1. The van der Waals surface area contributed by atoms with E-state index in [-0.39, 0.29) is 5.91 Å². The van der Waals surface area contributed by atoms with Crippen molar-refractivity contribution >= 4 is 27.5 Å². The standard InChI is InChI=1S/C15H12BrN3O2/c16-14-13(6-7-21-14)15(20)18-12-8-17-19(10-12)9-11-4-2-1-3-5-11/h1-8,10H,9H2,(H,18,20). The fraction of sp³-hybridized carbons (Fsp3) is 0.0667. The lowest BCUT2D eigenvalue weighted by atomic mass is 10.2. The number of furan rings is 1. The molecule has 21 heavy (non-hydrogen) atoms. The number of hydrogen-bond acceptors (Lipinski definition) is 3. The molecule has 1 amide bonds. The predicted octanol–water partition coefficient (Wildman–Crippen LogP) is 3.54. The van der Waals surface area contributed by atoms with E-state index in [0.717, 1.165) is 5.56 Å². The van der Waals surface area contributed by atoms with Crippen molar-refractivity contribution in [3.8, 4) is 0 Å². The van der Waals surface area contributed by atoms with Gasteiger partial charge in [0.1, 0.15) is 0 Å². The molecule has 0 unspecified atom stereocenters. The Morgan fingerprint density at radius 3 is 2.81 bits per heavy atom. The van der Waals surface area contributed by atoms with Crippen molar-refractivity contribution in [1.82, 2.24) is 9.78 Å². The molecular formula is C15H12BrN3O2. The smallest absolute Gasteiger partial charge is 0.260 e. The summed E-state index contributed by atoms with van der Waals surface area (Å²) in [6.07, 6.45) is 4.87. The fourth-order valence-electron chi connectivity index (χ4n) is 1.94. The van der Waals surface area contributed by atoms with Gasteiger partial charge in [0.05, 0.1) is 30.3 Å². The van der Waals surface area contributed by atoms with Gasteiger partial charge in [-0.1, -0.05) is 30.3 Å².